The van der Waals surface area contributed by atoms with Crippen LogP contribution in [0.2, 0.25) is 0 Å². The number of hydrogen-bond donors (Lipinski definition) is 0. The van der Waals surface area contributed by atoms with Crippen molar-refractivity contribution < 1.29 is 9.53 Å². The predicted octanol–water partition coefficient (Wildman–Crippen LogP) is 3.44. The van der Waals surface area contributed by atoms with Crippen molar-refractivity contribution in [3.05, 3.63) is 35.9 Å². The number of nitrogens with zero attached hydrogens (tertiary/aromatic N) is 1. The third kappa shape index (κ3) is 4.07. The maximum Gasteiger partial charge on any atom is 0.308 e. The highest BCUT2D eigenvalue weighted by Gasteiger charge is 2.38. The molecule has 0 aliphatic rings. The van der Waals surface area contributed by atoms with Crippen LogP contribution in [0.25, 0.3) is 0 Å². The molecule has 1 aromatic carbocycles. The largest absolute Gasteiger partial charge is 0.466 e. The van der Waals surface area contributed by atoms with Gasteiger partial charge in [-0.05, 0) is 38.9 Å². The number of rotatable bonds is 7. The van der Waals surface area contributed by atoms with E-state index in [1.807, 2.05) is 39.2 Å². The summed E-state index contributed by atoms with van der Waals surface area (Å²) in [7, 11) is 4.07. The van der Waals surface area contributed by atoms with Crippen molar-refractivity contribution in [2.75, 3.05) is 20.7 Å². The average molecular weight is 277 g/mol. The summed E-state index contributed by atoms with van der Waals surface area (Å²) >= 11 is 0. The maximum atomic E-state index is 12.1. The van der Waals surface area contributed by atoms with Crippen molar-refractivity contribution in [1.29, 1.82) is 0 Å². The number of carbonyl (C=O) groups excluding carboxylic acids is 1. The zero-order chi connectivity index (χ0) is 15.2. The molecule has 1 aromatic rings. The van der Waals surface area contributed by atoms with Gasteiger partial charge in [-0.2, -0.15) is 0 Å². The van der Waals surface area contributed by atoms with E-state index in [0.717, 1.165) is 6.42 Å². The minimum absolute atomic E-state index is 0.134. The smallest absolute Gasteiger partial charge is 0.308 e. The Labute approximate surface area is 122 Å². The summed E-state index contributed by atoms with van der Waals surface area (Å²) in [6, 6.07) is 10.3. The fourth-order valence-electron chi connectivity index (χ4n) is 2.77. The Kier molecular flexibility index (Phi) is 6.21. The Morgan fingerprint density at radius 3 is 2.30 bits per heavy atom. The Hall–Kier alpha value is -1.35. The van der Waals surface area contributed by atoms with Gasteiger partial charge in [0.25, 0.3) is 0 Å². The zero-order valence-electron chi connectivity index (χ0n) is 13.3. The molecule has 0 spiro atoms. The van der Waals surface area contributed by atoms with Crippen LogP contribution < -0.4 is 0 Å². The molecular formula is C17H27NO2. The summed E-state index contributed by atoms with van der Waals surface area (Å²) in [5.41, 5.74) is 0.869. The molecule has 1 unspecified atom stereocenters. The fraction of sp³-hybridized carbons (Fsp3) is 0.588. The molecule has 0 saturated carbocycles. The Balaban J connectivity index is 3.17. The Morgan fingerprint density at radius 1 is 1.25 bits per heavy atom. The minimum atomic E-state index is -0.304. The molecule has 0 aromatic heterocycles. The molecule has 20 heavy (non-hydrogen) atoms. The van der Waals surface area contributed by atoms with Gasteiger partial charge in [0.05, 0.1) is 18.6 Å². The molecule has 0 fully saturated rings. The molecule has 0 saturated heterocycles. The van der Waals surface area contributed by atoms with Gasteiger partial charge < -0.3 is 4.74 Å². The van der Waals surface area contributed by atoms with Crippen molar-refractivity contribution >= 4 is 5.97 Å². The maximum absolute atomic E-state index is 12.1. The lowest BCUT2D eigenvalue weighted by molar-refractivity contribution is -0.146. The van der Waals surface area contributed by atoms with Crippen molar-refractivity contribution in [3.8, 4) is 0 Å². The average Bonchev–Trinajstić information content (AvgIpc) is 2.38. The van der Waals surface area contributed by atoms with Gasteiger partial charge in [-0.15, -0.1) is 0 Å². The first kappa shape index (κ1) is 16.7. The molecule has 0 heterocycles. The van der Waals surface area contributed by atoms with Crippen LogP contribution >= 0.6 is 0 Å². The first-order chi connectivity index (χ1) is 9.42. The van der Waals surface area contributed by atoms with Crippen LogP contribution in [0.15, 0.2) is 30.3 Å². The predicted molar refractivity (Wildman–Crippen MR) is 82.5 cm³/mol. The second-order valence-corrected chi connectivity index (χ2v) is 5.87. The van der Waals surface area contributed by atoms with Crippen LogP contribution in [0.3, 0.4) is 0 Å². The van der Waals surface area contributed by atoms with Gasteiger partial charge in [-0.3, -0.25) is 9.69 Å². The minimum Gasteiger partial charge on any atom is -0.466 e. The van der Waals surface area contributed by atoms with Gasteiger partial charge in [-0.25, -0.2) is 0 Å². The number of carbonyl (C=O) groups is 1. The third-order valence-corrected chi connectivity index (χ3v) is 3.66. The van der Waals surface area contributed by atoms with E-state index in [4.69, 9.17) is 4.74 Å². The summed E-state index contributed by atoms with van der Waals surface area (Å²) in [6.45, 7) is 6.65. The quantitative estimate of drug-likeness (QED) is 0.715. The molecule has 112 valence electrons. The summed E-state index contributed by atoms with van der Waals surface area (Å²) < 4.78 is 5.19. The van der Waals surface area contributed by atoms with Gasteiger partial charge in [0.1, 0.15) is 0 Å². The van der Waals surface area contributed by atoms with E-state index >= 15 is 0 Å². The van der Waals surface area contributed by atoms with Crippen molar-refractivity contribution in [2.45, 2.75) is 39.2 Å². The molecule has 3 nitrogen and oxygen atoms in total. The van der Waals surface area contributed by atoms with Crippen LogP contribution in [0.5, 0.6) is 0 Å². The molecule has 0 aliphatic carbocycles. The number of ether oxygens (including phenoxy) is 1. The molecule has 1 atom stereocenters. The van der Waals surface area contributed by atoms with E-state index in [1.165, 1.54) is 5.56 Å². The van der Waals surface area contributed by atoms with Crippen LogP contribution in [0.4, 0.5) is 0 Å². The monoisotopic (exact) mass is 277 g/mol. The molecule has 0 bridgehead atoms. The van der Waals surface area contributed by atoms with Crippen LogP contribution in [-0.4, -0.2) is 31.6 Å². The lowest BCUT2D eigenvalue weighted by Crippen LogP contribution is -2.44. The lowest BCUT2D eigenvalue weighted by atomic mass is 9.78. The number of hydrogen-bond acceptors (Lipinski definition) is 3. The van der Waals surface area contributed by atoms with E-state index in [0.29, 0.717) is 18.9 Å². The molecule has 0 N–H and O–H groups in total. The van der Waals surface area contributed by atoms with E-state index < -0.39 is 0 Å². The summed E-state index contributed by atoms with van der Waals surface area (Å²) in [5, 5.41) is 0. The normalized spacial score (nSPS) is 14.3. The molecule has 3 heteroatoms. The first-order valence-electron chi connectivity index (χ1n) is 7.31. The summed E-state index contributed by atoms with van der Waals surface area (Å²) in [5.74, 6) is 0.359. The van der Waals surface area contributed by atoms with E-state index in [2.05, 4.69) is 30.9 Å². The highest BCUT2D eigenvalue weighted by atomic mass is 16.5. The SMILES string of the molecule is CCOC(=O)CC(CC(C)C)(c1ccccc1)N(C)C. The lowest BCUT2D eigenvalue weighted by Gasteiger charge is -2.41. The van der Waals surface area contributed by atoms with E-state index in [-0.39, 0.29) is 11.5 Å². The van der Waals surface area contributed by atoms with Crippen LogP contribution in [0, 0.1) is 5.92 Å². The van der Waals surface area contributed by atoms with E-state index in [1.54, 1.807) is 0 Å². The van der Waals surface area contributed by atoms with Crippen molar-refractivity contribution in [3.63, 3.8) is 0 Å². The van der Waals surface area contributed by atoms with Gasteiger partial charge in [-0.1, -0.05) is 44.2 Å². The first-order valence-corrected chi connectivity index (χ1v) is 7.31. The standard InChI is InChI=1S/C17H27NO2/c1-6-20-16(19)13-17(18(4)5,12-14(2)3)15-10-8-7-9-11-15/h7-11,14H,6,12-13H2,1-5H3. The van der Waals surface area contributed by atoms with Gasteiger partial charge in [0, 0.05) is 0 Å². The van der Waals surface area contributed by atoms with Crippen LogP contribution in [-0.2, 0) is 15.1 Å². The van der Waals surface area contributed by atoms with Gasteiger partial charge in [0.2, 0.25) is 0 Å². The third-order valence-electron chi connectivity index (χ3n) is 3.66. The fourth-order valence-corrected chi connectivity index (χ4v) is 2.77. The molecule has 0 radical (unpaired) electrons. The second-order valence-electron chi connectivity index (χ2n) is 5.87. The highest BCUT2D eigenvalue weighted by Crippen LogP contribution is 2.37. The van der Waals surface area contributed by atoms with Crippen LogP contribution in [0.1, 0.15) is 39.2 Å². The molecule has 1 rings (SSSR count). The second kappa shape index (κ2) is 7.44. The van der Waals surface area contributed by atoms with Gasteiger partial charge in [0.15, 0.2) is 0 Å². The molecule has 0 amide bonds. The van der Waals surface area contributed by atoms with Crippen molar-refractivity contribution in [2.24, 2.45) is 5.92 Å². The van der Waals surface area contributed by atoms with Gasteiger partial charge >= 0.3 is 5.97 Å². The Morgan fingerprint density at radius 2 is 1.85 bits per heavy atom. The summed E-state index contributed by atoms with van der Waals surface area (Å²) in [6.07, 6.45) is 1.30. The molecule has 0 aliphatic heterocycles. The van der Waals surface area contributed by atoms with Crippen molar-refractivity contribution in [1.82, 2.24) is 4.90 Å². The Bertz CT molecular complexity index is 414. The van der Waals surface area contributed by atoms with E-state index in [9.17, 15) is 4.79 Å². The zero-order valence-corrected chi connectivity index (χ0v) is 13.3. The molecular weight excluding hydrogens is 250 g/mol. The highest BCUT2D eigenvalue weighted by molar-refractivity contribution is 5.71. The number of esters is 1. The topological polar surface area (TPSA) is 29.5 Å². The summed E-state index contributed by atoms with van der Waals surface area (Å²) in [4.78, 5) is 14.2. The number of benzene rings is 1.